The molecule has 2 heterocycles. The van der Waals surface area contributed by atoms with Crippen molar-refractivity contribution in [1.29, 1.82) is 0 Å². The molecule has 1 unspecified atom stereocenters. The monoisotopic (exact) mass is 238 g/mol. The number of hydrogen-bond donors (Lipinski definition) is 2. The van der Waals surface area contributed by atoms with Gasteiger partial charge in [0.05, 0.1) is 25.9 Å². The minimum atomic E-state index is -0.402. The van der Waals surface area contributed by atoms with Gasteiger partial charge in [-0.15, -0.1) is 0 Å². The summed E-state index contributed by atoms with van der Waals surface area (Å²) in [6.45, 7) is 1.92. The van der Waals surface area contributed by atoms with Crippen LogP contribution >= 0.6 is 0 Å². The van der Waals surface area contributed by atoms with Crippen molar-refractivity contribution in [1.82, 2.24) is 10.3 Å². The Morgan fingerprint density at radius 3 is 3.12 bits per heavy atom. The number of rotatable bonds is 3. The van der Waals surface area contributed by atoms with E-state index in [1.54, 1.807) is 6.07 Å². The lowest BCUT2D eigenvalue weighted by atomic mass is 10.2. The van der Waals surface area contributed by atoms with Gasteiger partial charge in [0.1, 0.15) is 5.56 Å². The number of hydrogen-bond acceptors (Lipinski definition) is 4. The second kappa shape index (κ2) is 5.60. The number of carbonyl (C=O) groups excluding carboxylic acids is 1. The van der Waals surface area contributed by atoms with Crippen molar-refractivity contribution in [3.05, 3.63) is 34.2 Å². The molecule has 1 saturated heterocycles. The molecule has 0 aromatic carbocycles. The largest absolute Gasteiger partial charge is 0.376 e. The lowest BCUT2D eigenvalue weighted by Crippen LogP contribution is -2.40. The lowest BCUT2D eigenvalue weighted by molar-refractivity contribution is -0.0855. The molecule has 6 heteroatoms. The van der Waals surface area contributed by atoms with Crippen molar-refractivity contribution in [2.24, 2.45) is 0 Å². The molecule has 2 rings (SSSR count). The Kier molecular flexibility index (Phi) is 3.89. The molecule has 1 fully saturated rings. The van der Waals surface area contributed by atoms with E-state index in [0.29, 0.717) is 26.4 Å². The minimum absolute atomic E-state index is 0.101. The fourth-order valence-corrected chi connectivity index (χ4v) is 1.56. The predicted octanol–water partition coefficient (Wildman–Crippen LogP) is -0.480. The average molecular weight is 238 g/mol. The molecule has 1 atom stereocenters. The summed E-state index contributed by atoms with van der Waals surface area (Å²) >= 11 is 0. The smallest absolute Gasteiger partial charge is 0.260 e. The van der Waals surface area contributed by atoms with E-state index >= 15 is 0 Å². The van der Waals surface area contributed by atoms with Gasteiger partial charge in [0, 0.05) is 12.7 Å². The molecule has 1 aromatic heterocycles. The first-order valence-corrected chi connectivity index (χ1v) is 5.42. The zero-order valence-electron chi connectivity index (χ0n) is 9.27. The summed E-state index contributed by atoms with van der Waals surface area (Å²) in [7, 11) is 0. The van der Waals surface area contributed by atoms with Gasteiger partial charge in [-0.3, -0.25) is 9.59 Å². The van der Waals surface area contributed by atoms with Crippen LogP contribution in [0.15, 0.2) is 23.1 Å². The Balaban J connectivity index is 1.89. The van der Waals surface area contributed by atoms with Gasteiger partial charge in [0.15, 0.2) is 0 Å². The van der Waals surface area contributed by atoms with Crippen LogP contribution in [-0.4, -0.2) is 43.4 Å². The minimum Gasteiger partial charge on any atom is -0.376 e. The Labute approximate surface area is 97.9 Å². The highest BCUT2D eigenvalue weighted by molar-refractivity contribution is 5.93. The van der Waals surface area contributed by atoms with Crippen LogP contribution in [0, 0.1) is 0 Å². The standard InChI is InChI=1S/C11H14N2O4/c14-10-9(2-1-3-12-10)11(15)13-6-8-7-16-4-5-17-8/h1-3,8H,4-7H2,(H,12,14)(H,13,15). The molecular weight excluding hydrogens is 224 g/mol. The zero-order valence-corrected chi connectivity index (χ0v) is 9.27. The maximum Gasteiger partial charge on any atom is 0.260 e. The van der Waals surface area contributed by atoms with Gasteiger partial charge in [-0.2, -0.15) is 0 Å². The highest BCUT2D eigenvalue weighted by Crippen LogP contribution is 1.99. The average Bonchev–Trinajstić information content (AvgIpc) is 2.38. The maximum atomic E-state index is 11.7. The molecule has 0 spiro atoms. The van der Waals surface area contributed by atoms with Gasteiger partial charge >= 0.3 is 0 Å². The highest BCUT2D eigenvalue weighted by Gasteiger charge is 2.16. The summed E-state index contributed by atoms with van der Waals surface area (Å²) in [5.74, 6) is -0.402. The first-order chi connectivity index (χ1) is 8.27. The molecule has 6 nitrogen and oxygen atoms in total. The Bertz CT molecular complexity index is 437. The first-order valence-electron chi connectivity index (χ1n) is 5.42. The van der Waals surface area contributed by atoms with Crippen LogP contribution in [-0.2, 0) is 9.47 Å². The number of ether oxygens (including phenoxy) is 2. The highest BCUT2D eigenvalue weighted by atomic mass is 16.6. The zero-order chi connectivity index (χ0) is 12.1. The molecule has 1 aromatic rings. The Morgan fingerprint density at radius 2 is 2.41 bits per heavy atom. The number of nitrogens with one attached hydrogen (secondary N) is 2. The summed E-state index contributed by atoms with van der Waals surface area (Å²) in [6.07, 6.45) is 1.34. The van der Waals surface area contributed by atoms with Crippen molar-refractivity contribution >= 4 is 5.91 Å². The molecule has 17 heavy (non-hydrogen) atoms. The van der Waals surface area contributed by atoms with E-state index in [0.717, 1.165) is 0 Å². The van der Waals surface area contributed by atoms with Crippen LogP contribution in [0.1, 0.15) is 10.4 Å². The molecule has 1 aliphatic heterocycles. The quantitative estimate of drug-likeness (QED) is 0.745. The van der Waals surface area contributed by atoms with E-state index in [1.165, 1.54) is 12.3 Å². The Hall–Kier alpha value is -1.66. The molecule has 0 bridgehead atoms. The van der Waals surface area contributed by atoms with Gasteiger partial charge in [0.2, 0.25) is 0 Å². The van der Waals surface area contributed by atoms with Gasteiger partial charge in [-0.25, -0.2) is 0 Å². The van der Waals surface area contributed by atoms with Crippen molar-refractivity contribution in [3.8, 4) is 0 Å². The van der Waals surface area contributed by atoms with E-state index in [1.807, 2.05) is 0 Å². The SMILES string of the molecule is O=C(NCC1COCCO1)c1ccc[nH]c1=O. The number of carbonyl (C=O) groups is 1. The van der Waals surface area contributed by atoms with Gasteiger partial charge in [-0.1, -0.05) is 0 Å². The second-order valence-electron chi connectivity index (χ2n) is 3.69. The first kappa shape index (κ1) is 11.8. The van der Waals surface area contributed by atoms with Crippen LogP contribution in [0.2, 0.25) is 0 Å². The van der Waals surface area contributed by atoms with Crippen LogP contribution in [0.5, 0.6) is 0 Å². The number of aromatic amines is 1. The fourth-order valence-electron chi connectivity index (χ4n) is 1.56. The Morgan fingerprint density at radius 1 is 1.53 bits per heavy atom. The van der Waals surface area contributed by atoms with Crippen molar-refractivity contribution in [3.63, 3.8) is 0 Å². The van der Waals surface area contributed by atoms with Crippen LogP contribution in [0.3, 0.4) is 0 Å². The number of H-pyrrole nitrogens is 1. The third kappa shape index (κ3) is 3.15. The normalized spacial score (nSPS) is 19.9. The molecule has 0 saturated carbocycles. The fraction of sp³-hybridized carbons (Fsp3) is 0.455. The number of amides is 1. The molecule has 1 amide bonds. The summed E-state index contributed by atoms with van der Waals surface area (Å²) < 4.78 is 10.6. The molecule has 92 valence electrons. The van der Waals surface area contributed by atoms with E-state index in [4.69, 9.17) is 9.47 Å². The van der Waals surface area contributed by atoms with Gasteiger partial charge < -0.3 is 19.8 Å². The van der Waals surface area contributed by atoms with Gasteiger partial charge in [0.25, 0.3) is 11.5 Å². The molecular formula is C11H14N2O4. The third-order valence-electron chi connectivity index (χ3n) is 2.44. The van der Waals surface area contributed by atoms with Crippen LogP contribution in [0.25, 0.3) is 0 Å². The third-order valence-corrected chi connectivity index (χ3v) is 2.44. The molecule has 2 N–H and O–H groups in total. The lowest BCUT2D eigenvalue weighted by Gasteiger charge is -2.22. The van der Waals surface area contributed by atoms with Crippen molar-refractivity contribution in [2.45, 2.75) is 6.10 Å². The number of pyridine rings is 1. The van der Waals surface area contributed by atoms with Crippen LogP contribution < -0.4 is 10.9 Å². The van der Waals surface area contributed by atoms with E-state index in [-0.39, 0.29) is 11.7 Å². The molecule has 1 aliphatic rings. The molecule has 0 radical (unpaired) electrons. The number of aromatic nitrogens is 1. The maximum absolute atomic E-state index is 11.7. The summed E-state index contributed by atoms with van der Waals surface area (Å²) in [5, 5.41) is 2.65. The topological polar surface area (TPSA) is 80.4 Å². The van der Waals surface area contributed by atoms with Crippen LogP contribution in [0.4, 0.5) is 0 Å². The summed E-state index contributed by atoms with van der Waals surface area (Å²) in [6, 6.07) is 3.09. The van der Waals surface area contributed by atoms with Gasteiger partial charge in [-0.05, 0) is 12.1 Å². The van der Waals surface area contributed by atoms with Crippen molar-refractivity contribution in [2.75, 3.05) is 26.4 Å². The summed E-state index contributed by atoms with van der Waals surface area (Å²) in [5.41, 5.74) is -0.296. The predicted molar refractivity (Wildman–Crippen MR) is 60.0 cm³/mol. The summed E-state index contributed by atoms with van der Waals surface area (Å²) in [4.78, 5) is 25.5. The second-order valence-corrected chi connectivity index (χ2v) is 3.69. The van der Waals surface area contributed by atoms with Crippen molar-refractivity contribution < 1.29 is 14.3 Å². The van der Waals surface area contributed by atoms with E-state index < -0.39 is 11.5 Å². The molecule has 0 aliphatic carbocycles. The van der Waals surface area contributed by atoms with E-state index in [9.17, 15) is 9.59 Å². The van der Waals surface area contributed by atoms with E-state index in [2.05, 4.69) is 10.3 Å².